The molecule has 4 nitrogen and oxygen atoms in total. The normalized spacial score (nSPS) is 11.1. The highest BCUT2D eigenvalue weighted by atomic mass is 35.5. The van der Waals surface area contributed by atoms with Gasteiger partial charge in [0.15, 0.2) is 0 Å². The number of hydrogen-bond acceptors (Lipinski definition) is 3. The lowest BCUT2D eigenvalue weighted by molar-refractivity contribution is -0.112. The van der Waals surface area contributed by atoms with Gasteiger partial charge >= 0.3 is 0 Å². The van der Waals surface area contributed by atoms with Crippen molar-refractivity contribution in [3.63, 3.8) is 0 Å². The lowest BCUT2D eigenvalue weighted by atomic mass is 10.1. The number of halogens is 2. The van der Waals surface area contributed by atoms with Crippen molar-refractivity contribution < 1.29 is 9.53 Å². The molecule has 6 heteroatoms. The van der Waals surface area contributed by atoms with Gasteiger partial charge in [0.05, 0.1) is 11.1 Å². The number of nitrogens with zero attached hydrogens (tertiary/aromatic N) is 1. The van der Waals surface area contributed by atoms with E-state index in [9.17, 15) is 10.1 Å². The highest BCUT2D eigenvalue weighted by Crippen LogP contribution is 2.27. The van der Waals surface area contributed by atoms with Crippen LogP contribution < -0.4 is 10.1 Å². The van der Waals surface area contributed by atoms with Crippen molar-refractivity contribution in [2.45, 2.75) is 20.0 Å². The molecule has 0 unspecified atom stereocenters. The number of rotatable bonds is 5. The quantitative estimate of drug-likeness (QED) is 0.568. The van der Waals surface area contributed by atoms with E-state index in [1.165, 1.54) is 6.08 Å². The Balaban J connectivity index is 2.20. The number of nitriles is 1. The van der Waals surface area contributed by atoms with Gasteiger partial charge in [-0.05, 0) is 55.8 Å². The van der Waals surface area contributed by atoms with Crippen LogP contribution in [0, 0.1) is 11.3 Å². The number of anilines is 1. The van der Waals surface area contributed by atoms with Gasteiger partial charge in [-0.2, -0.15) is 5.26 Å². The molecule has 0 aliphatic heterocycles. The summed E-state index contributed by atoms with van der Waals surface area (Å²) in [5.41, 5.74) is 1.09. The largest absolute Gasteiger partial charge is 0.489 e. The molecule has 2 rings (SSSR count). The monoisotopic (exact) mass is 374 g/mol. The number of amides is 1. The highest BCUT2D eigenvalue weighted by molar-refractivity contribution is 6.32. The number of ether oxygens (including phenoxy) is 1. The van der Waals surface area contributed by atoms with Gasteiger partial charge < -0.3 is 10.1 Å². The average Bonchev–Trinajstić information content (AvgIpc) is 2.54. The second kappa shape index (κ2) is 8.57. The van der Waals surface area contributed by atoms with E-state index in [0.717, 1.165) is 0 Å². The molecule has 0 aliphatic rings. The van der Waals surface area contributed by atoms with Gasteiger partial charge in [-0.3, -0.25) is 4.79 Å². The standard InChI is InChI=1S/C19H16Cl2N2O2/c1-12(2)25-18-7-6-13(9-17(18)21)8-14(11-22)19(24)23-16-5-3-4-15(20)10-16/h3-10,12H,1-2H3,(H,23,24)/b14-8+. The van der Waals surface area contributed by atoms with Crippen molar-refractivity contribution in [1.82, 2.24) is 0 Å². The zero-order valence-corrected chi connectivity index (χ0v) is 15.2. The average molecular weight is 375 g/mol. The number of carbonyl (C=O) groups excluding carboxylic acids is 1. The van der Waals surface area contributed by atoms with E-state index in [1.807, 2.05) is 19.9 Å². The summed E-state index contributed by atoms with van der Waals surface area (Å²) in [4.78, 5) is 12.3. The minimum atomic E-state index is -0.525. The van der Waals surface area contributed by atoms with Crippen LogP contribution in [0.1, 0.15) is 19.4 Å². The van der Waals surface area contributed by atoms with Crippen LogP contribution in [0.4, 0.5) is 5.69 Å². The molecule has 0 aromatic heterocycles. The van der Waals surface area contributed by atoms with E-state index < -0.39 is 5.91 Å². The van der Waals surface area contributed by atoms with Crippen LogP contribution in [0.2, 0.25) is 10.0 Å². The summed E-state index contributed by atoms with van der Waals surface area (Å²) in [5, 5.41) is 12.8. The van der Waals surface area contributed by atoms with Gasteiger partial charge in [-0.25, -0.2) is 0 Å². The van der Waals surface area contributed by atoms with Crippen molar-refractivity contribution in [1.29, 1.82) is 5.26 Å². The topological polar surface area (TPSA) is 62.1 Å². The molecule has 0 atom stereocenters. The summed E-state index contributed by atoms with van der Waals surface area (Å²) in [6.45, 7) is 3.80. The zero-order chi connectivity index (χ0) is 18.4. The fraction of sp³-hybridized carbons (Fsp3) is 0.158. The smallest absolute Gasteiger partial charge is 0.266 e. The first-order valence-corrected chi connectivity index (χ1v) is 8.29. The van der Waals surface area contributed by atoms with E-state index in [1.54, 1.807) is 42.5 Å². The third kappa shape index (κ3) is 5.53. The van der Waals surface area contributed by atoms with Crippen molar-refractivity contribution in [3.8, 4) is 11.8 Å². The van der Waals surface area contributed by atoms with Crippen molar-refractivity contribution in [2.24, 2.45) is 0 Å². The van der Waals surface area contributed by atoms with E-state index in [-0.39, 0.29) is 11.7 Å². The molecule has 1 amide bonds. The minimum Gasteiger partial charge on any atom is -0.489 e. The summed E-state index contributed by atoms with van der Waals surface area (Å²) in [6, 6.07) is 13.7. The molecule has 128 valence electrons. The summed E-state index contributed by atoms with van der Waals surface area (Å²) < 4.78 is 5.56. The predicted octanol–water partition coefficient (Wildman–Crippen LogP) is 5.33. The van der Waals surface area contributed by atoms with Gasteiger partial charge in [-0.1, -0.05) is 35.3 Å². The molecule has 0 aliphatic carbocycles. The Morgan fingerprint density at radius 2 is 2.00 bits per heavy atom. The first kappa shape index (κ1) is 18.9. The van der Waals surface area contributed by atoms with Crippen molar-refractivity contribution in [2.75, 3.05) is 5.32 Å². The molecule has 0 bridgehead atoms. The Morgan fingerprint density at radius 3 is 2.60 bits per heavy atom. The first-order chi connectivity index (χ1) is 11.9. The maximum absolute atomic E-state index is 12.3. The summed E-state index contributed by atoms with van der Waals surface area (Å²) in [6.07, 6.45) is 1.46. The number of benzene rings is 2. The Morgan fingerprint density at radius 1 is 1.24 bits per heavy atom. The van der Waals surface area contributed by atoms with Gasteiger partial charge in [-0.15, -0.1) is 0 Å². The van der Waals surface area contributed by atoms with E-state index >= 15 is 0 Å². The second-order valence-electron chi connectivity index (χ2n) is 5.49. The second-order valence-corrected chi connectivity index (χ2v) is 6.33. The molecule has 25 heavy (non-hydrogen) atoms. The minimum absolute atomic E-state index is 0.00274. The van der Waals surface area contributed by atoms with Crippen LogP contribution in [0.5, 0.6) is 5.75 Å². The zero-order valence-electron chi connectivity index (χ0n) is 13.7. The SMILES string of the molecule is CC(C)Oc1ccc(/C=C(\C#N)C(=O)Nc2cccc(Cl)c2)cc1Cl. The Kier molecular flexibility index (Phi) is 6.46. The van der Waals surface area contributed by atoms with E-state index in [2.05, 4.69) is 5.32 Å². The molecule has 0 heterocycles. The molecule has 0 saturated heterocycles. The lowest BCUT2D eigenvalue weighted by Crippen LogP contribution is -2.13. The van der Waals surface area contributed by atoms with Crippen molar-refractivity contribution >= 4 is 40.9 Å². The Hall–Kier alpha value is -2.48. The fourth-order valence-corrected chi connectivity index (χ4v) is 2.46. The lowest BCUT2D eigenvalue weighted by Gasteiger charge is -2.11. The molecule has 0 spiro atoms. The third-order valence-corrected chi connectivity index (χ3v) is 3.61. The Bertz CT molecular complexity index is 855. The van der Waals surface area contributed by atoms with Crippen LogP contribution in [0.15, 0.2) is 48.0 Å². The molecule has 2 aromatic rings. The van der Waals surface area contributed by atoms with Gasteiger partial charge in [0, 0.05) is 10.7 Å². The van der Waals surface area contributed by atoms with Gasteiger partial charge in [0.2, 0.25) is 0 Å². The fourth-order valence-electron chi connectivity index (χ4n) is 2.04. The van der Waals surface area contributed by atoms with Crippen LogP contribution in [-0.2, 0) is 4.79 Å². The third-order valence-electron chi connectivity index (χ3n) is 3.08. The number of hydrogen-bond donors (Lipinski definition) is 1. The maximum atomic E-state index is 12.3. The van der Waals surface area contributed by atoms with Crippen LogP contribution in [0.25, 0.3) is 6.08 Å². The molecule has 0 saturated carbocycles. The van der Waals surface area contributed by atoms with Gasteiger partial charge in [0.1, 0.15) is 17.4 Å². The molecule has 2 aromatic carbocycles. The van der Waals surface area contributed by atoms with E-state index in [0.29, 0.717) is 27.0 Å². The number of carbonyl (C=O) groups is 1. The molecule has 0 fully saturated rings. The number of nitrogens with one attached hydrogen (secondary N) is 1. The predicted molar refractivity (Wildman–Crippen MR) is 101 cm³/mol. The first-order valence-electron chi connectivity index (χ1n) is 7.54. The molecular weight excluding hydrogens is 359 g/mol. The summed E-state index contributed by atoms with van der Waals surface area (Å²) in [7, 11) is 0. The highest BCUT2D eigenvalue weighted by Gasteiger charge is 2.11. The summed E-state index contributed by atoms with van der Waals surface area (Å²) in [5.74, 6) is 0.0269. The van der Waals surface area contributed by atoms with E-state index in [4.69, 9.17) is 27.9 Å². The maximum Gasteiger partial charge on any atom is 0.266 e. The van der Waals surface area contributed by atoms with Crippen molar-refractivity contribution in [3.05, 3.63) is 63.6 Å². The molecule has 1 N–H and O–H groups in total. The molecular formula is C19H16Cl2N2O2. The van der Waals surface area contributed by atoms with Crippen LogP contribution in [-0.4, -0.2) is 12.0 Å². The molecule has 0 radical (unpaired) electrons. The summed E-state index contributed by atoms with van der Waals surface area (Å²) >= 11 is 12.1. The van der Waals surface area contributed by atoms with Crippen LogP contribution >= 0.6 is 23.2 Å². The Labute approximate surface area is 156 Å². The van der Waals surface area contributed by atoms with Gasteiger partial charge in [0.25, 0.3) is 5.91 Å². The van der Waals surface area contributed by atoms with Crippen LogP contribution in [0.3, 0.4) is 0 Å².